The molecule has 3 unspecified atom stereocenters. The number of aromatic carboxylic acids is 1. The molecule has 5 N–H and O–H groups in total. The topological polar surface area (TPSA) is 203 Å². The van der Waals surface area contributed by atoms with Crippen molar-refractivity contribution in [2.75, 3.05) is 36.6 Å². The van der Waals surface area contributed by atoms with Crippen LogP contribution in [0.5, 0.6) is 0 Å². The van der Waals surface area contributed by atoms with Crippen molar-refractivity contribution in [2.24, 2.45) is 5.10 Å². The van der Waals surface area contributed by atoms with Crippen LogP contribution in [0.3, 0.4) is 0 Å². The number of hydrazone groups is 1. The summed E-state index contributed by atoms with van der Waals surface area (Å²) >= 11 is 9.19. The number of benzene rings is 2. The number of aliphatic hydroxyl groups is 1. The molecule has 15 nitrogen and oxygen atoms in total. The summed E-state index contributed by atoms with van der Waals surface area (Å²) in [7, 11) is 1.23. The van der Waals surface area contributed by atoms with Gasteiger partial charge >= 0.3 is 11.9 Å². The molecule has 3 aliphatic heterocycles. The van der Waals surface area contributed by atoms with Crippen LogP contribution < -0.4 is 21.1 Å². The number of aromatic nitrogens is 1. The number of aliphatic hydroxyl groups excluding tert-OH is 1. The molecule has 19 heteroatoms. The third-order valence-corrected chi connectivity index (χ3v) is 12.3. The number of nitrogens with one attached hydrogen (secondary N) is 2. The van der Waals surface area contributed by atoms with Gasteiger partial charge in [-0.05, 0) is 36.5 Å². The van der Waals surface area contributed by atoms with Gasteiger partial charge in [-0.15, -0.1) is 23.5 Å². The van der Waals surface area contributed by atoms with Crippen molar-refractivity contribution in [2.45, 2.75) is 48.5 Å². The average molecular weight is 801 g/mol. The Hall–Kier alpha value is -4.62. The Morgan fingerprint density at radius 1 is 1.19 bits per heavy atom. The number of hydrogen-bond donors (Lipinski definition) is 5. The van der Waals surface area contributed by atoms with Crippen molar-refractivity contribution >= 4 is 81.0 Å². The van der Waals surface area contributed by atoms with Crippen molar-refractivity contribution < 1.29 is 43.6 Å². The highest BCUT2D eigenvalue weighted by Gasteiger charge is 2.66. The van der Waals surface area contributed by atoms with Crippen molar-refractivity contribution in [3.63, 3.8) is 0 Å². The lowest BCUT2D eigenvalue weighted by Crippen LogP contribution is -2.81. The van der Waals surface area contributed by atoms with Crippen LogP contribution in [0.4, 0.5) is 10.1 Å². The van der Waals surface area contributed by atoms with Gasteiger partial charge in [0.2, 0.25) is 5.43 Å². The number of carbonyl (C=O) groups is 4. The Morgan fingerprint density at radius 2 is 1.93 bits per heavy atom. The van der Waals surface area contributed by atoms with Gasteiger partial charge < -0.3 is 40.3 Å². The summed E-state index contributed by atoms with van der Waals surface area (Å²) in [5, 5.41) is 36.0. The lowest BCUT2D eigenvalue weighted by atomic mass is 9.97. The molecule has 4 heterocycles. The number of anilines is 1. The fraction of sp³-hybridized carbons (Fsp3) is 0.371. The SMILES string of the molecule is COC1(NC(=O)[C@H](O)c2ccccc2)C(=O)N2C(C(=O)O)=C(CSC=NNC3CCN(c4c(F)cc5c(=O)c(C(=O)O)cn(C6CC6)c5c4Cl)C3)CSC21. The number of carboxylic acids is 2. The minimum Gasteiger partial charge on any atom is -0.477 e. The lowest BCUT2D eigenvalue weighted by molar-refractivity contribution is -0.193. The van der Waals surface area contributed by atoms with Gasteiger partial charge in [0.1, 0.15) is 22.5 Å². The molecule has 0 spiro atoms. The van der Waals surface area contributed by atoms with E-state index in [4.69, 9.17) is 16.3 Å². The van der Waals surface area contributed by atoms with Crippen LogP contribution in [0.15, 0.2) is 63.8 Å². The van der Waals surface area contributed by atoms with Crippen molar-refractivity contribution in [1.82, 2.24) is 20.2 Å². The van der Waals surface area contributed by atoms with Gasteiger partial charge in [-0.3, -0.25) is 19.3 Å². The number of carboxylic acid groups (broad SMARTS) is 2. The lowest BCUT2D eigenvalue weighted by Gasteiger charge is -2.55. The summed E-state index contributed by atoms with van der Waals surface area (Å²) in [6, 6.07) is 8.98. The van der Waals surface area contributed by atoms with E-state index in [1.165, 1.54) is 42.4 Å². The first-order valence-corrected chi connectivity index (χ1v) is 19.3. The summed E-state index contributed by atoms with van der Waals surface area (Å²) in [5.74, 6) is -4.68. The minimum atomic E-state index is -1.86. The fourth-order valence-electron chi connectivity index (χ4n) is 6.99. The molecule has 7 rings (SSSR count). The molecule has 0 bridgehead atoms. The van der Waals surface area contributed by atoms with E-state index in [0.717, 1.165) is 23.8 Å². The number of methoxy groups -OCH3 is 1. The zero-order chi connectivity index (χ0) is 38.5. The van der Waals surface area contributed by atoms with Gasteiger partial charge in [0.05, 0.1) is 33.2 Å². The highest BCUT2D eigenvalue weighted by Crippen LogP contribution is 2.47. The van der Waals surface area contributed by atoms with Crippen LogP contribution in [0.25, 0.3) is 10.9 Å². The number of pyridine rings is 1. The van der Waals surface area contributed by atoms with E-state index in [0.29, 0.717) is 36.2 Å². The van der Waals surface area contributed by atoms with Crippen LogP contribution in [-0.4, -0.2) is 103 Å². The molecule has 4 aliphatic rings. The van der Waals surface area contributed by atoms with E-state index < -0.39 is 57.8 Å². The third kappa shape index (κ3) is 6.59. The number of thioether (sulfide) groups is 2. The van der Waals surface area contributed by atoms with E-state index in [1.807, 2.05) is 0 Å². The summed E-state index contributed by atoms with van der Waals surface area (Å²) < 4.78 is 22.7. The largest absolute Gasteiger partial charge is 0.477 e. The molecule has 3 fully saturated rings. The first-order chi connectivity index (χ1) is 25.9. The maximum absolute atomic E-state index is 15.6. The number of fused-ring (bicyclic) bond motifs is 2. The molecule has 284 valence electrons. The second-order valence-corrected chi connectivity index (χ2v) is 15.5. The average Bonchev–Trinajstić information content (AvgIpc) is 3.91. The minimum absolute atomic E-state index is 0.0315. The van der Waals surface area contributed by atoms with Crippen LogP contribution in [0.1, 0.15) is 47.3 Å². The molecule has 4 atom stereocenters. The summed E-state index contributed by atoms with van der Waals surface area (Å²) in [6.07, 6.45) is 1.85. The first kappa shape index (κ1) is 37.7. The Morgan fingerprint density at radius 3 is 2.59 bits per heavy atom. The molecule has 2 aromatic carbocycles. The number of amides is 2. The maximum atomic E-state index is 15.6. The van der Waals surface area contributed by atoms with Crippen LogP contribution in [0.2, 0.25) is 5.02 Å². The fourth-order valence-corrected chi connectivity index (χ4v) is 9.61. The Bertz CT molecular complexity index is 2190. The molecule has 54 heavy (non-hydrogen) atoms. The summed E-state index contributed by atoms with van der Waals surface area (Å²) in [5.41, 5.74) is 2.43. The molecule has 2 saturated heterocycles. The van der Waals surface area contributed by atoms with E-state index in [2.05, 4.69) is 15.8 Å². The standard InChI is InChI=1S/C35H34ClFN6O9S2/c1-52-35(39-30(46)28(44)17-5-3-2-4-6-17)33(51)43-25(32(49)50)18(15-54-34(35)43)14-53-16-38-40-19-9-10-41(12-19)27-23(37)11-21-26(24(27)36)42(20-7-8-20)13-22(29(21)45)31(47)48/h2-6,11,13,16,19-20,28,34,40,44H,7-10,12,14-15H2,1H3,(H,39,46)(H,47,48)(H,49,50)/t19?,28-,34?,35?/m1/s1. The molecular weight excluding hydrogens is 767 g/mol. The quantitative estimate of drug-likeness (QED) is 0.0556. The number of β-lactam (4-membered cyclic amide) rings is 1. The smallest absolute Gasteiger partial charge is 0.352 e. The van der Waals surface area contributed by atoms with Gasteiger partial charge in [-0.1, -0.05) is 41.9 Å². The summed E-state index contributed by atoms with van der Waals surface area (Å²) in [6.45, 7) is 0.754. The van der Waals surface area contributed by atoms with Crippen molar-refractivity contribution in [1.29, 1.82) is 0 Å². The predicted octanol–water partition coefficient (Wildman–Crippen LogP) is 3.12. The molecule has 1 saturated carbocycles. The van der Waals surface area contributed by atoms with Gasteiger partial charge in [0.15, 0.2) is 6.10 Å². The van der Waals surface area contributed by atoms with Crippen LogP contribution in [0, 0.1) is 5.82 Å². The molecular formula is C35H34ClFN6O9S2. The number of hydrogen-bond acceptors (Lipinski definition) is 12. The predicted molar refractivity (Wildman–Crippen MR) is 200 cm³/mol. The molecule has 3 aromatic rings. The van der Waals surface area contributed by atoms with Crippen LogP contribution >= 0.6 is 35.1 Å². The van der Waals surface area contributed by atoms with Crippen molar-refractivity contribution in [3.8, 4) is 0 Å². The number of halogens is 2. The number of nitrogens with zero attached hydrogens (tertiary/aromatic N) is 4. The zero-order valence-electron chi connectivity index (χ0n) is 28.5. The number of aliphatic carboxylic acids is 1. The molecule has 2 amide bonds. The number of rotatable bonds is 13. The second-order valence-electron chi connectivity index (χ2n) is 13.2. The molecule has 0 radical (unpaired) electrons. The Kier molecular flexibility index (Phi) is 10.4. The van der Waals surface area contributed by atoms with Gasteiger partial charge in [-0.2, -0.15) is 5.10 Å². The van der Waals surface area contributed by atoms with E-state index in [1.54, 1.807) is 39.8 Å². The monoisotopic (exact) mass is 800 g/mol. The summed E-state index contributed by atoms with van der Waals surface area (Å²) in [4.78, 5) is 66.2. The molecule has 1 aliphatic carbocycles. The van der Waals surface area contributed by atoms with Gasteiger partial charge in [0.25, 0.3) is 17.5 Å². The van der Waals surface area contributed by atoms with E-state index in [9.17, 15) is 39.3 Å². The zero-order valence-corrected chi connectivity index (χ0v) is 30.9. The second kappa shape index (κ2) is 14.9. The highest BCUT2D eigenvalue weighted by molar-refractivity contribution is 8.12. The first-order valence-electron chi connectivity index (χ1n) is 16.8. The Labute approximate surface area is 320 Å². The molecule has 1 aromatic heterocycles. The number of carbonyl (C=O) groups excluding carboxylic acids is 2. The van der Waals surface area contributed by atoms with E-state index >= 15 is 4.39 Å². The van der Waals surface area contributed by atoms with Gasteiger partial charge in [-0.25, -0.2) is 14.0 Å². The van der Waals surface area contributed by atoms with Gasteiger partial charge in [0, 0.05) is 43.9 Å². The van der Waals surface area contributed by atoms with E-state index in [-0.39, 0.29) is 45.4 Å². The Balaban J connectivity index is 0.985. The van der Waals surface area contributed by atoms with Crippen molar-refractivity contribution in [3.05, 3.63) is 86.1 Å². The third-order valence-electron chi connectivity index (χ3n) is 9.81. The normalized spacial score (nSPS) is 23.1. The maximum Gasteiger partial charge on any atom is 0.352 e. The highest BCUT2D eigenvalue weighted by atomic mass is 35.5. The van der Waals surface area contributed by atoms with Crippen LogP contribution in [-0.2, 0) is 19.1 Å². The number of ether oxygens (including phenoxy) is 1.